The molecule has 2 aromatic rings. The van der Waals surface area contributed by atoms with Gasteiger partial charge in [0.1, 0.15) is 11.3 Å². The molecule has 96 valence electrons. The third kappa shape index (κ3) is 2.19. The molecule has 0 aliphatic rings. The number of rotatable bonds is 3. The van der Waals surface area contributed by atoms with Gasteiger partial charge in [0.15, 0.2) is 5.84 Å². The van der Waals surface area contributed by atoms with E-state index in [9.17, 15) is 0 Å². The highest BCUT2D eigenvalue weighted by molar-refractivity contribution is 7.99. The highest BCUT2D eigenvalue weighted by atomic mass is 32.2. The van der Waals surface area contributed by atoms with Crippen LogP contribution in [0.5, 0.6) is 0 Å². The Bertz CT molecular complexity index is 601. The minimum atomic E-state index is 0.0198. The number of hydrogen-bond acceptors (Lipinski definition) is 6. The molecule has 0 radical (unpaired) electrons. The first kappa shape index (κ1) is 12.5. The fourth-order valence-electron chi connectivity index (χ4n) is 1.56. The molecule has 18 heavy (non-hydrogen) atoms. The van der Waals surface area contributed by atoms with Crippen molar-refractivity contribution in [2.24, 2.45) is 17.9 Å². The maximum atomic E-state index is 8.79. The molecule has 0 amide bonds. The molecule has 0 fully saturated rings. The second kappa shape index (κ2) is 4.73. The highest BCUT2D eigenvalue weighted by Gasteiger charge is 2.19. The lowest BCUT2D eigenvalue weighted by Crippen LogP contribution is -2.14. The van der Waals surface area contributed by atoms with Crippen LogP contribution in [0.25, 0.3) is 0 Å². The van der Waals surface area contributed by atoms with Gasteiger partial charge in [-0.3, -0.25) is 4.68 Å². The van der Waals surface area contributed by atoms with Gasteiger partial charge in [0, 0.05) is 7.05 Å². The van der Waals surface area contributed by atoms with E-state index in [4.69, 9.17) is 15.4 Å². The van der Waals surface area contributed by atoms with E-state index in [-0.39, 0.29) is 5.84 Å². The van der Waals surface area contributed by atoms with Crippen LogP contribution in [-0.2, 0) is 7.05 Å². The smallest absolute Gasteiger partial charge is 0.262 e. The van der Waals surface area contributed by atoms with Crippen molar-refractivity contribution in [2.45, 2.75) is 24.1 Å². The van der Waals surface area contributed by atoms with Crippen molar-refractivity contribution in [1.82, 2.24) is 14.8 Å². The van der Waals surface area contributed by atoms with E-state index < -0.39 is 0 Å². The van der Waals surface area contributed by atoms with Gasteiger partial charge in [-0.2, -0.15) is 5.10 Å². The zero-order chi connectivity index (χ0) is 13.3. The zero-order valence-electron chi connectivity index (χ0n) is 10.2. The minimum absolute atomic E-state index is 0.0198. The van der Waals surface area contributed by atoms with Crippen LogP contribution >= 0.6 is 11.8 Å². The largest absolute Gasteiger partial charge is 0.439 e. The summed E-state index contributed by atoms with van der Waals surface area (Å²) in [6, 6.07) is 0. The van der Waals surface area contributed by atoms with E-state index in [1.165, 1.54) is 11.8 Å². The lowest BCUT2D eigenvalue weighted by atomic mass is 10.2. The summed E-state index contributed by atoms with van der Waals surface area (Å²) >= 11 is 1.28. The summed E-state index contributed by atoms with van der Waals surface area (Å²) in [6.45, 7) is 3.63. The molecule has 0 unspecified atom stereocenters. The summed E-state index contributed by atoms with van der Waals surface area (Å²) < 4.78 is 6.91. The van der Waals surface area contributed by atoms with Crippen LogP contribution in [-0.4, -0.2) is 25.8 Å². The molecule has 0 aliphatic carbocycles. The highest BCUT2D eigenvalue weighted by Crippen LogP contribution is 2.30. The van der Waals surface area contributed by atoms with E-state index in [1.54, 1.807) is 24.9 Å². The van der Waals surface area contributed by atoms with E-state index in [0.29, 0.717) is 21.5 Å². The summed E-state index contributed by atoms with van der Waals surface area (Å²) in [5, 5.41) is 17.2. The van der Waals surface area contributed by atoms with E-state index >= 15 is 0 Å². The van der Waals surface area contributed by atoms with Crippen molar-refractivity contribution in [3.05, 3.63) is 23.2 Å². The number of aryl methyl sites for hydroxylation is 3. The molecule has 3 N–H and O–H groups in total. The zero-order valence-corrected chi connectivity index (χ0v) is 11.0. The van der Waals surface area contributed by atoms with Crippen molar-refractivity contribution in [3.63, 3.8) is 0 Å². The Labute approximate surface area is 108 Å². The number of oxazole rings is 1. The van der Waals surface area contributed by atoms with E-state index in [0.717, 1.165) is 5.69 Å². The number of aromatic nitrogens is 3. The van der Waals surface area contributed by atoms with Gasteiger partial charge in [-0.15, -0.1) is 0 Å². The van der Waals surface area contributed by atoms with Gasteiger partial charge in [0.25, 0.3) is 5.22 Å². The SMILES string of the molecule is Cc1coc(Sc2c(C(N)=NO)c(C)nn2C)n1. The normalized spacial score (nSPS) is 12.1. The lowest BCUT2D eigenvalue weighted by Gasteiger charge is -2.02. The Morgan fingerprint density at radius 2 is 2.28 bits per heavy atom. The Hall–Kier alpha value is -1.96. The first-order chi connectivity index (χ1) is 8.52. The topological polar surface area (TPSA) is 102 Å². The molecule has 2 rings (SSSR count). The Balaban J connectivity index is 2.44. The molecule has 0 bridgehead atoms. The van der Waals surface area contributed by atoms with Gasteiger partial charge in [-0.25, -0.2) is 4.98 Å². The number of nitrogens with zero attached hydrogens (tertiary/aromatic N) is 4. The summed E-state index contributed by atoms with van der Waals surface area (Å²) in [5.74, 6) is 0.0198. The van der Waals surface area contributed by atoms with E-state index in [1.807, 2.05) is 6.92 Å². The summed E-state index contributed by atoms with van der Waals surface area (Å²) in [4.78, 5) is 4.19. The average molecular weight is 267 g/mol. The maximum absolute atomic E-state index is 8.79. The second-order valence-electron chi connectivity index (χ2n) is 3.73. The molecule has 0 aromatic carbocycles. The first-order valence-corrected chi connectivity index (χ1v) is 5.96. The fourth-order valence-corrected chi connectivity index (χ4v) is 2.54. The Morgan fingerprint density at radius 1 is 1.56 bits per heavy atom. The molecule has 2 aromatic heterocycles. The Kier molecular flexibility index (Phi) is 3.28. The molecule has 0 aliphatic heterocycles. The number of hydrogen-bond donors (Lipinski definition) is 2. The number of nitrogens with two attached hydrogens (primary N) is 1. The monoisotopic (exact) mass is 267 g/mol. The quantitative estimate of drug-likeness (QED) is 0.376. The summed E-state index contributed by atoms with van der Waals surface area (Å²) in [5.41, 5.74) is 7.71. The fraction of sp³-hybridized carbons (Fsp3) is 0.300. The predicted molar refractivity (Wildman–Crippen MR) is 65.8 cm³/mol. The van der Waals surface area contributed by atoms with Crippen LogP contribution < -0.4 is 5.73 Å². The van der Waals surface area contributed by atoms with Gasteiger partial charge in [-0.1, -0.05) is 5.16 Å². The van der Waals surface area contributed by atoms with Crippen molar-refractivity contribution >= 4 is 17.6 Å². The van der Waals surface area contributed by atoms with Gasteiger partial charge in [0.05, 0.1) is 17.0 Å². The van der Waals surface area contributed by atoms with Crippen LogP contribution in [0.2, 0.25) is 0 Å². The van der Waals surface area contributed by atoms with Gasteiger partial charge >= 0.3 is 0 Å². The van der Waals surface area contributed by atoms with Crippen LogP contribution in [0.15, 0.2) is 26.1 Å². The predicted octanol–water partition coefficient (Wildman–Crippen LogP) is 1.27. The molecular weight excluding hydrogens is 254 g/mol. The standard InChI is InChI=1S/C10H13N5O2S/c1-5-4-17-10(12-5)18-9-7(8(11)14-16)6(2)13-15(9)3/h4,16H,1-3H3,(H2,11,14). The first-order valence-electron chi connectivity index (χ1n) is 5.14. The summed E-state index contributed by atoms with van der Waals surface area (Å²) in [6.07, 6.45) is 1.56. The molecular formula is C10H13N5O2S. The van der Waals surface area contributed by atoms with Crippen LogP contribution in [0.4, 0.5) is 0 Å². The third-order valence-corrected chi connectivity index (χ3v) is 3.34. The van der Waals surface area contributed by atoms with Gasteiger partial charge < -0.3 is 15.4 Å². The molecule has 7 nitrogen and oxygen atoms in total. The van der Waals surface area contributed by atoms with Crippen LogP contribution in [0.1, 0.15) is 17.0 Å². The lowest BCUT2D eigenvalue weighted by molar-refractivity contribution is 0.318. The van der Waals surface area contributed by atoms with Crippen molar-refractivity contribution in [1.29, 1.82) is 0 Å². The van der Waals surface area contributed by atoms with Crippen molar-refractivity contribution in [2.75, 3.05) is 0 Å². The molecule has 0 spiro atoms. The van der Waals surface area contributed by atoms with Crippen LogP contribution in [0.3, 0.4) is 0 Å². The van der Waals surface area contributed by atoms with Crippen molar-refractivity contribution in [3.8, 4) is 0 Å². The average Bonchev–Trinajstić information content (AvgIpc) is 2.84. The molecule has 8 heteroatoms. The van der Waals surface area contributed by atoms with Crippen LogP contribution in [0, 0.1) is 13.8 Å². The van der Waals surface area contributed by atoms with E-state index in [2.05, 4.69) is 15.2 Å². The van der Waals surface area contributed by atoms with Gasteiger partial charge in [0.2, 0.25) is 0 Å². The second-order valence-corrected chi connectivity index (χ2v) is 4.67. The summed E-state index contributed by atoms with van der Waals surface area (Å²) in [7, 11) is 1.78. The Morgan fingerprint density at radius 3 is 2.83 bits per heavy atom. The minimum Gasteiger partial charge on any atom is -0.439 e. The maximum Gasteiger partial charge on any atom is 0.262 e. The molecule has 2 heterocycles. The van der Waals surface area contributed by atoms with Gasteiger partial charge in [-0.05, 0) is 25.6 Å². The number of oxime groups is 1. The van der Waals surface area contributed by atoms with Crippen molar-refractivity contribution < 1.29 is 9.62 Å². The number of amidine groups is 1. The molecule has 0 atom stereocenters. The molecule has 0 saturated heterocycles. The molecule has 0 saturated carbocycles. The third-order valence-electron chi connectivity index (χ3n) is 2.32.